The summed E-state index contributed by atoms with van der Waals surface area (Å²) < 4.78 is 12.7. The zero-order chi connectivity index (χ0) is 8.43. The first-order valence-corrected chi connectivity index (χ1v) is 4.79. The van der Waals surface area contributed by atoms with Crippen LogP contribution < -0.4 is 0 Å². The fourth-order valence-electron chi connectivity index (χ4n) is 1.35. The summed E-state index contributed by atoms with van der Waals surface area (Å²) in [6.45, 7) is 0.400. The van der Waals surface area contributed by atoms with Gasteiger partial charge in [0.25, 0.3) is 0 Å². The largest absolute Gasteiger partial charge is 0.293 e. The van der Waals surface area contributed by atoms with Crippen LogP contribution in [0.1, 0.15) is 6.42 Å². The Morgan fingerprint density at radius 1 is 1.73 bits per heavy atom. The minimum atomic E-state index is -0.818. The van der Waals surface area contributed by atoms with E-state index in [0.717, 1.165) is 0 Å². The third kappa shape index (κ3) is 1.93. The number of hydrogen-bond acceptors (Lipinski definition) is 3. The molecule has 0 saturated carbocycles. The lowest BCUT2D eigenvalue weighted by Crippen LogP contribution is -2.30. The van der Waals surface area contributed by atoms with Crippen molar-refractivity contribution in [2.24, 2.45) is 0 Å². The third-order valence-corrected chi connectivity index (χ3v) is 2.64. The van der Waals surface area contributed by atoms with Gasteiger partial charge in [0.1, 0.15) is 6.17 Å². The van der Waals surface area contributed by atoms with E-state index >= 15 is 0 Å². The Hall–Kier alpha value is -0.0900. The molecule has 0 bridgehead atoms. The highest BCUT2D eigenvalue weighted by atomic mass is 32.2. The van der Waals surface area contributed by atoms with Crippen molar-refractivity contribution >= 4 is 16.9 Å². The van der Waals surface area contributed by atoms with E-state index in [0.29, 0.717) is 13.0 Å². The molecule has 0 aromatic rings. The number of carbonyl (C=O) groups excluding carboxylic acids is 1. The van der Waals surface area contributed by atoms with Crippen LogP contribution in [0.3, 0.4) is 0 Å². The van der Waals surface area contributed by atoms with Gasteiger partial charge in [0, 0.05) is 13.0 Å². The monoisotopic (exact) mass is 177 g/mol. The van der Waals surface area contributed by atoms with Gasteiger partial charge in [-0.15, -0.1) is 0 Å². The molecule has 1 fully saturated rings. The van der Waals surface area contributed by atoms with E-state index in [1.165, 1.54) is 11.8 Å². The summed E-state index contributed by atoms with van der Waals surface area (Å²) in [5.74, 6) is 0. The van der Waals surface area contributed by atoms with E-state index in [2.05, 4.69) is 0 Å². The molecule has 0 aliphatic carbocycles. The van der Waals surface area contributed by atoms with E-state index in [1.54, 1.807) is 18.2 Å². The molecule has 1 saturated heterocycles. The summed E-state index contributed by atoms with van der Waals surface area (Å²) >= 11 is 1.18. The number of alkyl halides is 1. The molecule has 0 N–H and O–H groups in total. The number of hydrogen-bond donors (Lipinski definition) is 0. The summed E-state index contributed by atoms with van der Waals surface area (Å²) in [5, 5.41) is 0.0765. The SMILES string of the molecule is CSC(=O)C1CC(F)CN1C. The molecule has 0 spiro atoms. The fraction of sp³-hybridized carbons (Fsp3) is 0.857. The summed E-state index contributed by atoms with van der Waals surface area (Å²) in [4.78, 5) is 12.9. The van der Waals surface area contributed by atoms with E-state index in [-0.39, 0.29) is 11.2 Å². The van der Waals surface area contributed by atoms with Crippen molar-refractivity contribution in [2.75, 3.05) is 19.8 Å². The highest BCUT2D eigenvalue weighted by Crippen LogP contribution is 2.21. The lowest BCUT2D eigenvalue weighted by Gasteiger charge is -2.15. The lowest BCUT2D eigenvalue weighted by atomic mass is 10.2. The number of thioether (sulfide) groups is 1. The van der Waals surface area contributed by atoms with Crippen molar-refractivity contribution in [1.82, 2.24) is 4.90 Å². The van der Waals surface area contributed by atoms with Gasteiger partial charge in [-0.3, -0.25) is 9.69 Å². The van der Waals surface area contributed by atoms with Gasteiger partial charge in [-0.25, -0.2) is 4.39 Å². The molecule has 1 rings (SSSR count). The fourth-order valence-corrected chi connectivity index (χ4v) is 1.90. The molecule has 2 atom stereocenters. The molecule has 0 radical (unpaired) electrons. The summed E-state index contributed by atoms with van der Waals surface area (Å²) in [5.41, 5.74) is 0. The van der Waals surface area contributed by atoms with Crippen molar-refractivity contribution in [3.05, 3.63) is 0 Å². The van der Waals surface area contributed by atoms with Crippen LogP contribution in [-0.2, 0) is 4.79 Å². The zero-order valence-corrected chi connectivity index (χ0v) is 7.53. The highest BCUT2D eigenvalue weighted by Gasteiger charge is 2.33. The van der Waals surface area contributed by atoms with E-state index in [9.17, 15) is 9.18 Å². The molecule has 2 unspecified atom stereocenters. The first kappa shape index (κ1) is 9.00. The van der Waals surface area contributed by atoms with Crippen molar-refractivity contribution in [3.8, 4) is 0 Å². The zero-order valence-electron chi connectivity index (χ0n) is 6.71. The maximum atomic E-state index is 12.7. The average molecular weight is 177 g/mol. The molecular formula is C7H12FNOS. The number of nitrogens with zero attached hydrogens (tertiary/aromatic N) is 1. The number of carbonyl (C=O) groups is 1. The second-order valence-corrected chi connectivity index (χ2v) is 3.62. The van der Waals surface area contributed by atoms with Crippen molar-refractivity contribution in [2.45, 2.75) is 18.6 Å². The highest BCUT2D eigenvalue weighted by molar-refractivity contribution is 8.13. The summed E-state index contributed by atoms with van der Waals surface area (Å²) in [6.07, 6.45) is 1.29. The predicted octanol–water partition coefficient (Wildman–Crippen LogP) is 0.918. The van der Waals surface area contributed by atoms with Crippen LogP contribution in [0.4, 0.5) is 4.39 Å². The van der Waals surface area contributed by atoms with E-state index in [1.807, 2.05) is 0 Å². The van der Waals surface area contributed by atoms with Crippen LogP contribution in [0.2, 0.25) is 0 Å². The second kappa shape index (κ2) is 3.54. The third-order valence-electron chi connectivity index (χ3n) is 1.97. The molecule has 4 heteroatoms. The van der Waals surface area contributed by atoms with Gasteiger partial charge in [-0.1, -0.05) is 11.8 Å². The number of likely N-dealkylation sites (N-methyl/N-ethyl adjacent to an activating group) is 1. The standard InChI is InChI=1S/C7H12FNOS/c1-9-4-5(8)3-6(9)7(10)11-2/h5-6H,3-4H2,1-2H3. The van der Waals surface area contributed by atoms with Gasteiger partial charge >= 0.3 is 0 Å². The lowest BCUT2D eigenvalue weighted by molar-refractivity contribution is -0.114. The molecule has 0 aromatic heterocycles. The molecule has 64 valence electrons. The first-order valence-electron chi connectivity index (χ1n) is 3.57. The minimum Gasteiger partial charge on any atom is -0.293 e. The Labute approximate surface area is 70.1 Å². The van der Waals surface area contributed by atoms with E-state index in [4.69, 9.17) is 0 Å². The molecule has 2 nitrogen and oxygen atoms in total. The first-order chi connectivity index (χ1) is 5.15. The maximum absolute atomic E-state index is 12.7. The molecule has 1 aliphatic heterocycles. The Kier molecular flexibility index (Phi) is 2.90. The molecule has 0 aromatic carbocycles. The predicted molar refractivity (Wildman–Crippen MR) is 44.5 cm³/mol. The second-order valence-electron chi connectivity index (χ2n) is 2.81. The normalized spacial score (nSPS) is 32.6. The smallest absolute Gasteiger partial charge is 0.205 e. The number of halogens is 1. The number of likely N-dealkylation sites (tertiary alicyclic amines) is 1. The minimum absolute atomic E-state index is 0.0765. The number of rotatable bonds is 1. The van der Waals surface area contributed by atoms with Gasteiger partial charge in [0.05, 0.1) is 6.04 Å². The maximum Gasteiger partial charge on any atom is 0.205 e. The van der Waals surface area contributed by atoms with Crippen LogP contribution in [-0.4, -0.2) is 42.1 Å². The Morgan fingerprint density at radius 3 is 2.73 bits per heavy atom. The van der Waals surface area contributed by atoms with E-state index < -0.39 is 6.17 Å². The Balaban J connectivity index is 2.52. The van der Waals surface area contributed by atoms with Crippen molar-refractivity contribution < 1.29 is 9.18 Å². The van der Waals surface area contributed by atoms with Crippen LogP contribution in [0.15, 0.2) is 0 Å². The van der Waals surface area contributed by atoms with Gasteiger partial charge in [0.2, 0.25) is 5.12 Å². The Morgan fingerprint density at radius 2 is 2.36 bits per heavy atom. The van der Waals surface area contributed by atoms with Crippen LogP contribution in [0.5, 0.6) is 0 Å². The van der Waals surface area contributed by atoms with Crippen LogP contribution >= 0.6 is 11.8 Å². The quantitative estimate of drug-likeness (QED) is 0.594. The van der Waals surface area contributed by atoms with Crippen molar-refractivity contribution in [1.29, 1.82) is 0 Å². The van der Waals surface area contributed by atoms with Crippen molar-refractivity contribution in [3.63, 3.8) is 0 Å². The molecule has 1 aliphatic rings. The van der Waals surface area contributed by atoms with Gasteiger partial charge < -0.3 is 0 Å². The van der Waals surface area contributed by atoms with Crippen LogP contribution in [0, 0.1) is 0 Å². The molecule has 11 heavy (non-hydrogen) atoms. The van der Waals surface area contributed by atoms with Gasteiger partial charge in [0.15, 0.2) is 0 Å². The van der Waals surface area contributed by atoms with Gasteiger partial charge in [-0.05, 0) is 13.3 Å². The molecule has 0 amide bonds. The average Bonchev–Trinajstić information content (AvgIpc) is 2.28. The molecule has 1 heterocycles. The Bertz CT molecular complexity index is 165. The summed E-state index contributed by atoms with van der Waals surface area (Å²) in [7, 11) is 1.79. The van der Waals surface area contributed by atoms with Gasteiger partial charge in [-0.2, -0.15) is 0 Å². The summed E-state index contributed by atoms with van der Waals surface area (Å²) in [6, 6.07) is -0.194. The van der Waals surface area contributed by atoms with Crippen LogP contribution in [0.25, 0.3) is 0 Å². The topological polar surface area (TPSA) is 20.3 Å². The molecular weight excluding hydrogens is 165 g/mol.